The van der Waals surface area contributed by atoms with E-state index in [2.05, 4.69) is 10.1 Å². The molecule has 8 nitrogen and oxygen atoms in total. The zero-order valence-corrected chi connectivity index (χ0v) is 15.3. The number of hydrogen-bond acceptors (Lipinski definition) is 8. The first-order valence-electron chi connectivity index (χ1n) is 7.86. The predicted molar refractivity (Wildman–Crippen MR) is 95.2 cm³/mol. The first kappa shape index (κ1) is 17.9. The molecule has 3 rings (SSSR count). The Morgan fingerprint density at radius 2 is 2.08 bits per heavy atom. The smallest absolute Gasteiger partial charge is 0.338 e. The van der Waals surface area contributed by atoms with E-state index in [1.54, 1.807) is 25.1 Å². The molecule has 0 aliphatic carbocycles. The van der Waals surface area contributed by atoms with Gasteiger partial charge in [0.2, 0.25) is 4.96 Å². The molecule has 0 radical (unpaired) electrons. The fourth-order valence-electron chi connectivity index (χ4n) is 2.30. The highest BCUT2D eigenvalue weighted by Gasteiger charge is 2.14. The van der Waals surface area contributed by atoms with E-state index in [0.29, 0.717) is 39.3 Å². The number of carbonyl (C=O) groups is 1. The average molecular weight is 375 g/mol. The van der Waals surface area contributed by atoms with E-state index in [-0.39, 0.29) is 12.2 Å². The number of esters is 1. The van der Waals surface area contributed by atoms with E-state index < -0.39 is 5.97 Å². The molecule has 2 heterocycles. The van der Waals surface area contributed by atoms with Crippen LogP contribution in [0.15, 0.2) is 29.1 Å². The molecule has 0 saturated heterocycles. The second kappa shape index (κ2) is 7.52. The Kier molecular flexibility index (Phi) is 5.17. The molecule has 0 amide bonds. The Morgan fingerprint density at radius 3 is 2.81 bits per heavy atom. The van der Waals surface area contributed by atoms with Crippen LogP contribution in [0.25, 0.3) is 4.96 Å². The van der Waals surface area contributed by atoms with Crippen LogP contribution >= 0.6 is 11.3 Å². The number of aryl methyl sites for hydroxylation is 1. The first-order chi connectivity index (χ1) is 12.5. The summed E-state index contributed by atoms with van der Waals surface area (Å²) in [4.78, 5) is 28.8. The quantitative estimate of drug-likeness (QED) is 0.610. The Labute approximate surface area is 153 Å². The number of aromatic nitrogens is 3. The van der Waals surface area contributed by atoms with Crippen LogP contribution in [-0.4, -0.2) is 34.3 Å². The summed E-state index contributed by atoms with van der Waals surface area (Å²) in [6, 6.07) is 6.21. The van der Waals surface area contributed by atoms with Crippen LogP contribution < -0.4 is 15.0 Å². The molecule has 0 saturated carbocycles. The SMILES string of the molecule is CCOc1ccc(C(=O)OCc2nn3c(=O)cc(C)nc3s2)cc1OC. The van der Waals surface area contributed by atoms with E-state index in [1.165, 1.54) is 29.0 Å². The summed E-state index contributed by atoms with van der Waals surface area (Å²) in [5.74, 6) is 0.480. The molecule has 0 atom stereocenters. The van der Waals surface area contributed by atoms with Gasteiger partial charge in [-0.1, -0.05) is 11.3 Å². The lowest BCUT2D eigenvalue weighted by Gasteiger charge is -2.10. The summed E-state index contributed by atoms with van der Waals surface area (Å²) in [5.41, 5.74) is 0.679. The minimum atomic E-state index is -0.526. The van der Waals surface area contributed by atoms with Gasteiger partial charge < -0.3 is 14.2 Å². The fraction of sp³-hybridized carbons (Fsp3) is 0.294. The Morgan fingerprint density at radius 1 is 1.27 bits per heavy atom. The van der Waals surface area contributed by atoms with Gasteiger partial charge in [-0.25, -0.2) is 9.78 Å². The van der Waals surface area contributed by atoms with Gasteiger partial charge in [0.05, 0.1) is 19.3 Å². The molecule has 0 spiro atoms. The number of fused-ring (bicyclic) bond motifs is 1. The molecule has 136 valence electrons. The largest absolute Gasteiger partial charge is 0.493 e. The molecule has 0 unspecified atom stereocenters. The molecule has 2 aromatic heterocycles. The number of ether oxygens (including phenoxy) is 3. The van der Waals surface area contributed by atoms with Crippen molar-refractivity contribution in [2.45, 2.75) is 20.5 Å². The number of carbonyl (C=O) groups excluding carboxylic acids is 1. The van der Waals surface area contributed by atoms with Gasteiger partial charge in [-0.2, -0.15) is 9.61 Å². The van der Waals surface area contributed by atoms with E-state index in [0.717, 1.165) is 0 Å². The van der Waals surface area contributed by atoms with Crippen molar-refractivity contribution in [1.82, 2.24) is 14.6 Å². The minimum Gasteiger partial charge on any atom is -0.493 e. The summed E-state index contributed by atoms with van der Waals surface area (Å²) >= 11 is 1.20. The maximum atomic E-state index is 12.3. The van der Waals surface area contributed by atoms with Gasteiger partial charge in [0, 0.05) is 11.8 Å². The first-order valence-corrected chi connectivity index (χ1v) is 8.68. The second-order valence-electron chi connectivity index (χ2n) is 5.30. The van der Waals surface area contributed by atoms with Crippen LogP contribution in [0.5, 0.6) is 11.5 Å². The summed E-state index contributed by atoms with van der Waals surface area (Å²) in [6.45, 7) is 4.03. The van der Waals surface area contributed by atoms with Crippen molar-refractivity contribution in [3.05, 3.63) is 50.9 Å². The van der Waals surface area contributed by atoms with Gasteiger partial charge >= 0.3 is 5.97 Å². The van der Waals surface area contributed by atoms with Crippen molar-refractivity contribution < 1.29 is 19.0 Å². The highest BCUT2D eigenvalue weighted by molar-refractivity contribution is 7.16. The molecule has 26 heavy (non-hydrogen) atoms. The van der Waals surface area contributed by atoms with Gasteiger partial charge in [-0.15, -0.1) is 0 Å². The summed E-state index contributed by atoms with van der Waals surface area (Å²) in [6.07, 6.45) is 0. The van der Waals surface area contributed by atoms with Gasteiger partial charge in [0.15, 0.2) is 16.5 Å². The van der Waals surface area contributed by atoms with E-state index >= 15 is 0 Å². The molecule has 9 heteroatoms. The zero-order chi connectivity index (χ0) is 18.7. The maximum absolute atomic E-state index is 12.3. The van der Waals surface area contributed by atoms with Crippen molar-refractivity contribution in [2.75, 3.05) is 13.7 Å². The third-order valence-corrected chi connectivity index (χ3v) is 4.32. The van der Waals surface area contributed by atoms with E-state index in [4.69, 9.17) is 14.2 Å². The monoisotopic (exact) mass is 375 g/mol. The average Bonchev–Trinajstić information content (AvgIpc) is 3.03. The van der Waals surface area contributed by atoms with Gasteiger partial charge in [-0.05, 0) is 32.0 Å². The standard InChI is InChI=1S/C17H17N3O5S/c1-4-24-12-6-5-11(8-13(12)23-3)16(22)25-9-14-19-20-15(21)7-10(2)18-17(20)26-14/h5-8H,4,9H2,1-3H3. The molecular formula is C17H17N3O5S. The lowest BCUT2D eigenvalue weighted by molar-refractivity contribution is 0.0471. The Hall–Kier alpha value is -2.94. The molecule has 0 bridgehead atoms. The van der Waals surface area contributed by atoms with E-state index in [9.17, 15) is 9.59 Å². The summed E-state index contributed by atoms with van der Waals surface area (Å²) in [7, 11) is 1.50. The minimum absolute atomic E-state index is 0.0547. The van der Waals surface area contributed by atoms with Crippen LogP contribution in [0.1, 0.15) is 28.0 Å². The maximum Gasteiger partial charge on any atom is 0.338 e. The molecular weight excluding hydrogens is 358 g/mol. The van der Waals surface area contributed by atoms with Crippen LogP contribution in [0.3, 0.4) is 0 Å². The van der Waals surface area contributed by atoms with Gasteiger partial charge in [0.1, 0.15) is 6.61 Å². The Bertz CT molecular complexity index is 1010. The van der Waals surface area contributed by atoms with Crippen LogP contribution in [0, 0.1) is 6.92 Å². The molecule has 0 aliphatic heterocycles. The summed E-state index contributed by atoms with van der Waals surface area (Å²) in [5, 5.41) is 4.61. The fourth-order valence-corrected chi connectivity index (χ4v) is 3.16. The number of nitrogens with zero attached hydrogens (tertiary/aromatic N) is 3. The number of hydrogen-bond donors (Lipinski definition) is 0. The lowest BCUT2D eigenvalue weighted by Crippen LogP contribution is -2.14. The molecule has 0 aliphatic rings. The number of methoxy groups -OCH3 is 1. The topological polar surface area (TPSA) is 92.0 Å². The molecule has 0 fully saturated rings. The third-order valence-electron chi connectivity index (χ3n) is 3.44. The molecule has 1 aromatic carbocycles. The van der Waals surface area contributed by atoms with Crippen molar-refractivity contribution in [3.63, 3.8) is 0 Å². The van der Waals surface area contributed by atoms with Crippen molar-refractivity contribution in [3.8, 4) is 11.5 Å². The van der Waals surface area contributed by atoms with Crippen LogP contribution in [0.2, 0.25) is 0 Å². The van der Waals surface area contributed by atoms with Crippen molar-refractivity contribution in [2.24, 2.45) is 0 Å². The molecule has 0 N–H and O–H groups in total. The van der Waals surface area contributed by atoms with Gasteiger partial charge in [-0.3, -0.25) is 4.79 Å². The zero-order valence-electron chi connectivity index (χ0n) is 14.5. The number of benzene rings is 1. The normalized spacial score (nSPS) is 10.7. The third kappa shape index (κ3) is 3.67. The highest BCUT2D eigenvalue weighted by Crippen LogP contribution is 2.28. The summed E-state index contributed by atoms with van der Waals surface area (Å²) < 4.78 is 17.1. The van der Waals surface area contributed by atoms with Crippen LogP contribution in [-0.2, 0) is 11.3 Å². The molecule has 3 aromatic rings. The predicted octanol–water partition coefficient (Wildman–Crippen LogP) is 2.22. The Balaban J connectivity index is 1.74. The highest BCUT2D eigenvalue weighted by atomic mass is 32.1. The lowest BCUT2D eigenvalue weighted by atomic mass is 10.2. The van der Waals surface area contributed by atoms with Gasteiger partial charge in [0.25, 0.3) is 5.56 Å². The number of rotatable bonds is 6. The van der Waals surface area contributed by atoms with Crippen molar-refractivity contribution >= 4 is 22.3 Å². The van der Waals surface area contributed by atoms with E-state index in [1.807, 2.05) is 6.92 Å². The van der Waals surface area contributed by atoms with Crippen LogP contribution in [0.4, 0.5) is 0 Å². The van der Waals surface area contributed by atoms with Crippen molar-refractivity contribution in [1.29, 1.82) is 0 Å². The second-order valence-corrected chi connectivity index (χ2v) is 6.34.